The van der Waals surface area contributed by atoms with Gasteiger partial charge in [0, 0.05) is 0 Å². The highest BCUT2D eigenvalue weighted by atomic mass is 19.4. The molecule has 0 bridgehead atoms. The van der Waals surface area contributed by atoms with E-state index >= 15 is 0 Å². The summed E-state index contributed by atoms with van der Waals surface area (Å²) in [7, 11) is 0. The molecule has 0 unspecified atom stereocenters. The number of halogens is 3. The van der Waals surface area contributed by atoms with Crippen molar-refractivity contribution in [1.82, 2.24) is 0 Å². The van der Waals surface area contributed by atoms with E-state index in [1.165, 1.54) is 6.07 Å². The lowest BCUT2D eigenvalue weighted by molar-refractivity contribution is -0.137. The van der Waals surface area contributed by atoms with Crippen LogP contribution in [0.1, 0.15) is 5.56 Å². The van der Waals surface area contributed by atoms with E-state index < -0.39 is 17.5 Å². The third kappa shape index (κ3) is 2.24. The van der Waals surface area contributed by atoms with Gasteiger partial charge >= 0.3 is 6.18 Å². The predicted molar refractivity (Wildman–Crippen MR) is 64.7 cm³/mol. The van der Waals surface area contributed by atoms with Gasteiger partial charge in [-0.3, -0.25) is 0 Å². The average molecular weight is 282 g/mol. The first-order valence-corrected chi connectivity index (χ1v) is 5.75. The van der Waals surface area contributed by atoms with Crippen LogP contribution in [0.3, 0.4) is 0 Å². The molecule has 0 saturated carbocycles. The quantitative estimate of drug-likeness (QED) is 0.864. The lowest BCUT2D eigenvalue weighted by Gasteiger charge is -2.10. The third-order valence-electron chi connectivity index (χ3n) is 2.95. The number of alkyl halides is 3. The Balaban J connectivity index is 2.08. The number of fused-ring (bicyclic) bond motifs is 1. The zero-order valence-electron chi connectivity index (χ0n) is 10.1. The Morgan fingerprint density at radius 3 is 2.40 bits per heavy atom. The van der Waals surface area contributed by atoms with Gasteiger partial charge in [0.1, 0.15) is 5.75 Å². The number of rotatable bonds is 1. The Hall–Kier alpha value is -2.37. The van der Waals surface area contributed by atoms with Crippen molar-refractivity contribution in [3.8, 4) is 28.4 Å². The third-order valence-corrected chi connectivity index (χ3v) is 2.95. The minimum Gasteiger partial charge on any atom is -0.508 e. The van der Waals surface area contributed by atoms with Crippen LogP contribution in [0, 0.1) is 0 Å². The largest absolute Gasteiger partial charge is 0.508 e. The minimum atomic E-state index is -4.51. The van der Waals surface area contributed by atoms with Crippen molar-refractivity contribution in [2.24, 2.45) is 0 Å². The number of ether oxygens (including phenoxy) is 2. The monoisotopic (exact) mass is 282 g/mol. The van der Waals surface area contributed by atoms with Crippen LogP contribution in [0.25, 0.3) is 11.1 Å². The Kier molecular flexibility index (Phi) is 2.74. The van der Waals surface area contributed by atoms with Gasteiger partial charge in [-0.25, -0.2) is 0 Å². The Labute approximate surface area is 112 Å². The molecule has 1 aliphatic rings. The van der Waals surface area contributed by atoms with Crippen molar-refractivity contribution >= 4 is 0 Å². The Morgan fingerprint density at radius 1 is 0.900 bits per heavy atom. The summed E-state index contributed by atoms with van der Waals surface area (Å²) >= 11 is 0. The fourth-order valence-electron chi connectivity index (χ4n) is 2.02. The number of phenols is 1. The molecule has 0 atom stereocenters. The van der Waals surface area contributed by atoms with E-state index in [1.807, 2.05) is 0 Å². The smallest absolute Gasteiger partial charge is 0.416 e. The van der Waals surface area contributed by atoms with Gasteiger partial charge in [-0.05, 0) is 41.5 Å². The van der Waals surface area contributed by atoms with Gasteiger partial charge in [-0.15, -0.1) is 0 Å². The molecule has 2 aromatic carbocycles. The molecular weight excluding hydrogens is 273 g/mol. The Morgan fingerprint density at radius 2 is 1.65 bits per heavy atom. The molecule has 1 aliphatic heterocycles. The first kappa shape index (κ1) is 12.7. The van der Waals surface area contributed by atoms with Crippen molar-refractivity contribution in [1.29, 1.82) is 0 Å². The molecule has 0 aliphatic carbocycles. The van der Waals surface area contributed by atoms with Crippen molar-refractivity contribution in [3.63, 3.8) is 0 Å². The second kappa shape index (κ2) is 4.33. The molecule has 104 valence electrons. The van der Waals surface area contributed by atoms with Gasteiger partial charge in [0.05, 0.1) is 5.56 Å². The van der Waals surface area contributed by atoms with E-state index in [9.17, 15) is 18.3 Å². The zero-order chi connectivity index (χ0) is 14.3. The van der Waals surface area contributed by atoms with E-state index in [0.717, 1.165) is 6.07 Å². The molecule has 0 radical (unpaired) electrons. The molecule has 1 heterocycles. The van der Waals surface area contributed by atoms with Crippen molar-refractivity contribution in [2.75, 3.05) is 6.79 Å². The van der Waals surface area contributed by atoms with Gasteiger partial charge in [-0.1, -0.05) is 6.07 Å². The molecule has 0 aromatic heterocycles. The van der Waals surface area contributed by atoms with Crippen LogP contribution in [-0.2, 0) is 6.18 Å². The number of aromatic hydroxyl groups is 1. The summed E-state index contributed by atoms with van der Waals surface area (Å²) in [6, 6.07) is 7.76. The molecule has 20 heavy (non-hydrogen) atoms. The fourth-order valence-corrected chi connectivity index (χ4v) is 2.02. The minimum absolute atomic E-state index is 0.0899. The van der Waals surface area contributed by atoms with E-state index in [-0.39, 0.29) is 12.4 Å². The van der Waals surface area contributed by atoms with E-state index in [1.54, 1.807) is 18.2 Å². The molecule has 0 amide bonds. The van der Waals surface area contributed by atoms with E-state index in [2.05, 4.69) is 0 Å². The van der Waals surface area contributed by atoms with Crippen molar-refractivity contribution in [2.45, 2.75) is 6.18 Å². The van der Waals surface area contributed by atoms with E-state index in [0.29, 0.717) is 23.1 Å². The number of phenolic OH excluding ortho intramolecular Hbond substituents is 1. The second-order valence-electron chi connectivity index (χ2n) is 4.33. The molecule has 1 N–H and O–H groups in total. The standard InChI is InChI=1S/C14H9F3O3/c15-14(16,17)10-3-9(4-11(18)6-10)8-1-2-12-13(5-8)20-7-19-12/h1-6,18H,7H2. The highest BCUT2D eigenvalue weighted by molar-refractivity contribution is 5.69. The number of hydrogen-bond donors (Lipinski definition) is 1. The maximum atomic E-state index is 12.7. The summed E-state index contributed by atoms with van der Waals surface area (Å²) in [5.41, 5.74) is -0.128. The molecule has 0 spiro atoms. The van der Waals surface area contributed by atoms with Gasteiger partial charge in [-0.2, -0.15) is 13.2 Å². The van der Waals surface area contributed by atoms with Gasteiger partial charge in [0.25, 0.3) is 0 Å². The fraction of sp³-hybridized carbons (Fsp3) is 0.143. The van der Waals surface area contributed by atoms with Crippen LogP contribution in [-0.4, -0.2) is 11.9 Å². The van der Waals surface area contributed by atoms with Crippen molar-refractivity contribution < 1.29 is 27.8 Å². The molecular formula is C14H9F3O3. The first-order chi connectivity index (χ1) is 9.43. The van der Waals surface area contributed by atoms with Gasteiger partial charge < -0.3 is 14.6 Å². The summed E-state index contributed by atoms with van der Waals surface area (Å²) in [5, 5.41) is 9.46. The predicted octanol–water partition coefficient (Wildman–Crippen LogP) is 3.81. The normalized spacial score (nSPS) is 13.6. The summed E-state index contributed by atoms with van der Waals surface area (Å²) in [6.45, 7) is 0.0899. The maximum absolute atomic E-state index is 12.7. The highest BCUT2D eigenvalue weighted by Gasteiger charge is 2.31. The summed E-state index contributed by atoms with van der Waals surface area (Å²) in [4.78, 5) is 0. The van der Waals surface area contributed by atoms with Gasteiger partial charge in [0.15, 0.2) is 11.5 Å². The van der Waals surface area contributed by atoms with Crippen LogP contribution in [0.5, 0.6) is 17.2 Å². The first-order valence-electron chi connectivity index (χ1n) is 5.75. The number of benzene rings is 2. The summed E-state index contributed by atoms with van der Waals surface area (Å²) in [6.07, 6.45) is -4.51. The topological polar surface area (TPSA) is 38.7 Å². The maximum Gasteiger partial charge on any atom is 0.416 e. The molecule has 3 rings (SSSR count). The van der Waals surface area contributed by atoms with Crippen molar-refractivity contribution in [3.05, 3.63) is 42.0 Å². The summed E-state index contributed by atoms with van der Waals surface area (Å²) < 4.78 is 48.5. The second-order valence-corrected chi connectivity index (χ2v) is 4.33. The molecule has 3 nitrogen and oxygen atoms in total. The van der Waals surface area contributed by atoms with Crippen LogP contribution in [0.4, 0.5) is 13.2 Å². The highest BCUT2D eigenvalue weighted by Crippen LogP contribution is 2.39. The van der Waals surface area contributed by atoms with E-state index in [4.69, 9.17) is 9.47 Å². The molecule has 0 fully saturated rings. The van der Waals surface area contributed by atoms with Crippen LogP contribution < -0.4 is 9.47 Å². The lowest BCUT2D eigenvalue weighted by atomic mass is 10.0. The SMILES string of the molecule is Oc1cc(-c2ccc3c(c2)OCO3)cc(C(F)(F)F)c1. The molecule has 6 heteroatoms. The van der Waals surface area contributed by atoms with Crippen LogP contribution in [0.2, 0.25) is 0 Å². The van der Waals surface area contributed by atoms with Gasteiger partial charge in [0.2, 0.25) is 6.79 Å². The molecule has 2 aromatic rings. The summed E-state index contributed by atoms with van der Waals surface area (Å²) in [5.74, 6) is 0.580. The Bertz CT molecular complexity index is 665. The lowest BCUT2D eigenvalue weighted by Crippen LogP contribution is -2.04. The number of hydrogen-bond acceptors (Lipinski definition) is 3. The molecule has 0 saturated heterocycles. The van der Waals surface area contributed by atoms with Crippen LogP contribution >= 0.6 is 0 Å². The average Bonchev–Trinajstić information content (AvgIpc) is 2.84. The zero-order valence-corrected chi connectivity index (χ0v) is 10.1. The van der Waals surface area contributed by atoms with Crippen LogP contribution in [0.15, 0.2) is 36.4 Å².